The summed E-state index contributed by atoms with van der Waals surface area (Å²) in [6.45, 7) is 1.58. The number of imidazole rings is 1. The number of nitrogen functional groups attached to an aromatic ring is 1. The number of benzene rings is 1. The molecule has 0 amide bonds. The lowest BCUT2D eigenvalue weighted by molar-refractivity contribution is 0.574. The van der Waals surface area contributed by atoms with E-state index >= 15 is 0 Å². The van der Waals surface area contributed by atoms with E-state index in [-0.39, 0.29) is 22.7 Å². The van der Waals surface area contributed by atoms with Crippen LogP contribution in [-0.2, 0) is 16.4 Å². The second-order valence-corrected chi connectivity index (χ2v) is 6.09. The van der Waals surface area contributed by atoms with Gasteiger partial charge in [-0.05, 0) is 19.1 Å². The first-order valence-corrected chi connectivity index (χ1v) is 7.41. The minimum absolute atomic E-state index is 0.0493. The number of hydrogen-bond acceptors (Lipinski definition) is 4. The van der Waals surface area contributed by atoms with Gasteiger partial charge in [-0.1, -0.05) is 0 Å². The maximum Gasteiger partial charge on any atom is 0.241 e. The zero-order valence-corrected chi connectivity index (χ0v) is 11.7. The molecule has 0 spiro atoms. The van der Waals surface area contributed by atoms with Crippen LogP contribution in [0.15, 0.2) is 29.6 Å². The van der Waals surface area contributed by atoms with Gasteiger partial charge in [-0.25, -0.2) is 22.5 Å². The van der Waals surface area contributed by atoms with Crippen LogP contribution >= 0.6 is 0 Å². The van der Waals surface area contributed by atoms with E-state index in [0.29, 0.717) is 6.42 Å². The third-order valence-corrected chi connectivity index (χ3v) is 4.44. The molecule has 1 aromatic heterocycles. The van der Waals surface area contributed by atoms with E-state index in [1.54, 1.807) is 6.20 Å². The van der Waals surface area contributed by atoms with Gasteiger partial charge in [-0.3, -0.25) is 0 Å². The Balaban J connectivity index is 2.14. The van der Waals surface area contributed by atoms with Crippen molar-refractivity contribution in [3.05, 3.63) is 41.7 Å². The van der Waals surface area contributed by atoms with E-state index in [0.717, 1.165) is 11.8 Å². The number of hydrogen-bond donors (Lipinski definition) is 3. The molecule has 1 aromatic carbocycles. The van der Waals surface area contributed by atoms with Crippen molar-refractivity contribution < 1.29 is 12.8 Å². The third kappa shape index (κ3) is 3.14. The van der Waals surface area contributed by atoms with Gasteiger partial charge < -0.3 is 10.7 Å². The number of H-pyrrole nitrogens is 1. The van der Waals surface area contributed by atoms with Gasteiger partial charge in [-0.15, -0.1) is 0 Å². The van der Waals surface area contributed by atoms with Crippen molar-refractivity contribution in [3.8, 4) is 0 Å². The SMILES string of the molecule is Cc1c(F)cc(N)cc1S(=O)(=O)NCCc1cnc[nH]1. The number of nitrogens with zero attached hydrogens (tertiary/aromatic N) is 1. The standard InChI is InChI=1S/C12H15FN4O2S/c1-8-11(13)4-9(14)5-12(8)20(18,19)17-3-2-10-6-15-7-16-10/h4-7,17H,2-3,14H2,1H3,(H,15,16). The molecule has 4 N–H and O–H groups in total. The summed E-state index contributed by atoms with van der Waals surface area (Å²) in [6.07, 6.45) is 3.59. The van der Waals surface area contributed by atoms with E-state index in [1.807, 2.05) is 0 Å². The van der Waals surface area contributed by atoms with Crippen molar-refractivity contribution >= 4 is 15.7 Å². The van der Waals surface area contributed by atoms with E-state index in [9.17, 15) is 12.8 Å². The first-order valence-electron chi connectivity index (χ1n) is 5.92. The Hall–Kier alpha value is -1.93. The predicted octanol–water partition coefficient (Wildman–Crippen LogP) is 0.960. The first-order chi connectivity index (χ1) is 9.40. The molecule has 0 aliphatic heterocycles. The summed E-state index contributed by atoms with van der Waals surface area (Å²) in [6, 6.07) is 2.34. The maximum atomic E-state index is 13.5. The van der Waals surface area contributed by atoms with Gasteiger partial charge in [0.2, 0.25) is 10.0 Å². The summed E-state index contributed by atoms with van der Waals surface area (Å²) in [4.78, 5) is 6.56. The summed E-state index contributed by atoms with van der Waals surface area (Å²) >= 11 is 0. The average Bonchev–Trinajstić information content (AvgIpc) is 2.86. The van der Waals surface area contributed by atoms with Gasteiger partial charge in [-0.2, -0.15) is 0 Å². The highest BCUT2D eigenvalue weighted by Gasteiger charge is 2.19. The smallest absolute Gasteiger partial charge is 0.241 e. The number of aromatic nitrogens is 2. The lowest BCUT2D eigenvalue weighted by Gasteiger charge is -2.10. The van der Waals surface area contributed by atoms with Crippen LogP contribution in [0.2, 0.25) is 0 Å². The highest BCUT2D eigenvalue weighted by atomic mass is 32.2. The minimum atomic E-state index is -3.79. The number of nitrogens with two attached hydrogens (primary N) is 1. The summed E-state index contributed by atoms with van der Waals surface area (Å²) in [7, 11) is -3.79. The molecule has 0 bridgehead atoms. The Labute approximate surface area is 116 Å². The average molecular weight is 298 g/mol. The molecule has 1 heterocycles. The van der Waals surface area contributed by atoms with Crippen LogP contribution in [0.3, 0.4) is 0 Å². The topological polar surface area (TPSA) is 101 Å². The van der Waals surface area contributed by atoms with Gasteiger partial charge in [0.25, 0.3) is 0 Å². The Kier molecular flexibility index (Phi) is 4.05. The summed E-state index contributed by atoms with van der Waals surface area (Å²) < 4.78 is 40.2. The molecule has 0 aliphatic rings. The van der Waals surface area contributed by atoms with Gasteiger partial charge in [0.05, 0.1) is 11.2 Å². The third-order valence-electron chi connectivity index (χ3n) is 2.85. The van der Waals surface area contributed by atoms with Gasteiger partial charge >= 0.3 is 0 Å². The van der Waals surface area contributed by atoms with Crippen LogP contribution < -0.4 is 10.5 Å². The van der Waals surface area contributed by atoms with Gasteiger partial charge in [0.1, 0.15) is 5.82 Å². The summed E-state index contributed by atoms with van der Waals surface area (Å²) in [5.74, 6) is -0.640. The quantitative estimate of drug-likeness (QED) is 0.716. The molecule has 6 nitrogen and oxygen atoms in total. The van der Waals surface area contributed by atoms with E-state index in [2.05, 4.69) is 14.7 Å². The molecule has 8 heteroatoms. The molecule has 108 valence electrons. The molecular weight excluding hydrogens is 283 g/mol. The zero-order valence-electron chi connectivity index (χ0n) is 10.9. The molecule has 0 radical (unpaired) electrons. The number of nitrogens with one attached hydrogen (secondary N) is 2. The van der Waals surface area contributed by atoms with Gasteiger partial charge in [0, 0.05) is 36.1 Å². The fourth-order valence-electron chi connectivity index (χ4n) is 1.77. The molecule has 0 unspecified atom stereocenters. The van der Waals surface area contributed by atoms with E-state index in [4.69, 9.17) is 5.73 Å². The van der Waals surface area contributed by atoms with Crippen LogP contribution in [-0.4, -0.2) is 24.9 Å². The van der Waals surface area contributed by atoms with E-state index in [1.165, 1.54) is 19.3 Å². The molecular formula is C12H15FN4O2S. The Morgan fingerprint density at radius 3 is 2.85 bits per heavy atom. The van der Waals surface area contributed by atoms with Crippen molar-refractivity contribution in [2.45, 2.75) is 18.2 Å². The van der Waals surface area contributed by atoms with Crippen molar-refractivity contribution in [1.82, 2.24) is 14.7 Å². The molecule has 2 aromatic rings. The highest BCUT2D eigenvalue weighted by Crippen LogP contribution is 2.21. The molecule has 0 saturated heterocycles. The molecule has 2 rings (SSSR count). The molecule has 0 fully saturated rings. The molecule has 0 atom stereocenters. The van der Waals surface area contributed by atoms with E-state index < -0.39 is 15.8 Å². The van der Waals surface area contributed by atoms with Crippen LogP contribution in [0.4, 0.5) is 10.1 Å². The monoisotopic (exact) mass is 298 g/mol. The summed E-state index contributed by atoms with van der Waals surface area (Å²) in [5.41, 5.74) is 6.41. The summed E-state index contributed by atoms with van der Waals surface area (Å²) in [5, 5.41) is 0. The molecule has 0 saturated carbocycles. The number of rotatable bonds is 5. The van der Waals surface area contributed by atoms with Crippen LogP contribution in [0.5, 0.6) is 0 Å². The number of anilines is 1. The lowest BCUT2D eigenvalue weighted by Crippen LogP contribution is -2.27. The maximum absolute atomic E-state index is 13.5. The second-order valence-electron chi connectivity index (χ2n) is 4.35. The number of halogens is 1. The van der Waals surface area contributed by atoms with Crippen molar-refractivity contribution in [2.24, 2.45) is 0 Å². The number of sulfonamides is 1. The van der Waals surface area contributed by atoms with Crippen molar-refractivity contribution in [2.75, 3.05) is 12.3 Å². The second kappa shape index (κ2) is 5.59. The van der Waals surface area contributed by atoms with Crippen LogP contribution in [0.25, 0.3) is 0 Å². The largest absolute Gasteiger partial charge is 0.399 e. The van der Waals surface area contributed by atoms with Crippen molar-refractivity contribution in [3.63, 3.8) is 0 Å². The zero-order chi connectivity index (χ0) is 14.8. The molecule has 0 aliphatic carbocycles. The minimum Gasteiger partial charge on any atom is -0.399 e. The Bertz CT molecular complexity index is 698. The van der Waals surface area contributed by atoms with Gasteiger partial charge in [0.15, 0.2) is 0 Å². The van der Waals surface area contributed by atoms with Crippen LogP contribution in [0.1, 0.15) is 11.3 Å². The predicted molar refractivity (Wildman–Crippen MR) is 73.0 cm³/mol. The van der Waals surface area contributed by atoms with Crippen LogP contribution in [0, 0.1) is 12.7 Å². The van der Waals surface area contributed by atoms with Crippen molar-refractivity contribution in [1.29, 1.82) is 0 Å². The fraction of sp³-hybridized carbons (Fsp3) is 0.250. The lowest BCUT2D eigenvalue weighted by atomic mass is 10.2. The normalized spacial score (nSPS) is 11.7. The first kappa shape index (κ1) is 14.5. The Morgan fingerprint density at radius 1 is 1.45 bits per heavy atom. The molecule has 20 heavy (non-hydrogen) atoms. The fourth-order valence-corrected chi connectivity index (χ4v) is 3.09. The number of aromatic amines is 1. The highest BCUT2D eigenvalue weighted by molar-refractivity contribution is 7.89. The Morgan fingerprint density at radius 2 is 2.20 bits per heavy atom.